The lowest BCUT2D eigenvalue weighted by Crippen LogP contribution is -2.43. The molecule has 0 spiro atoms. The van der Waals surface area contributed by atoms with E-state index in [0.29, 0.717) is 73.3 Å². The average Bonchev–Trinajstić information content (AvgIpc) is 4.03. The van der Waals surface area contributed by atoms with Crippen molar-refractivity contribution >= 4 is 62.2 Å². The number of aromatic nitrogens is 6. The van der Waals surface area contributed by atoms with Gasteiger partial charge in [0.15, 0.2) is 5.82 Å². The van der Waals surface area contributed by atoms with Crippen LogP contribution in [0.1, 0.15) is 88.8 Å². The second-order valence-electron chi connectivity index (χ2n) is 17.1. The number of hydrogen-bond donors (Lipinski definition) is 3. The Balaban J connectivity index is 0.892. The third-order valence-corrected chi connectivity index (χ3v) is 14.4. The molecule has 3 aliphatic rings. The maximum absolute atomic E-state index is 16.1. The summed E-state index contributed by atoms with van der Waals surface area (Å²) in [6, 6.07) is 10.2. The van der Waals surface area contributed by atoms with Gasteiger partial charge in [0, 0.05) is 62.2 Å². The molecule has 4 aromatic heterocycles. The van der Waals surface area contributed by atoms with Crippen LogP contribution >= 0.6 is 11.3 Å². The van der Waals surface area contributed by atoms with E-state index in [2.05, 4.69) is 35.3 Å². The number of sulfonamides is 1. The van der Waals surface area contributed by atoms with Crippen LogP contribution in [0, 0.1) is 11.7 Å². The first kappa shape index (κ1) is 42.9. The number of pyridine rings is 1. The number of amides is 3. The van der Waals surface area contributed by atoms with Gasteiger partial charge in [-0.1, -0.05) is 39.8 Å². The van der Waals surface area contributed by atoms with Crippen molar-refractivity contribution < 1.29 is 27.2 Å². The molecule has 8 rings (SSSR count). The lowest BCUT2D eigenvalue weighted by molar-refractivity contribution is -0.136. The zero-order chi connectivity index (χ0) is 43.8. The predicted molar refractivity (Wildman–Crippen MR) is 235 cm³/mol. The number of benzene rings is 1. The van der Waals surface area contributed by atoms with Gasteiger partial charge in [0.1, 0.15) is 5.82 Å². The summed E-state index contributed by atoms with van der Waals surface area (Å²) in [6.07, 6.45) is 10.4. The van der Waals surface area contributed by atoms with Gasteiger partial charge >= 0.3 is 0 Å². The molecule has 16 nitrogen and oxygen atoms in total. The van der Waals surface area contributed by atoms with Crippen LogP contribution in [0.15, 0.2) is 61.2 Å². The maximum Gasteiger partial charge on any atom is 0.234 e. The van der Waals surface area contributed by atoms with E-state index < -0.39 is 15.8 Å². The highest BCUT2D eigenvalue weighted by Crippen LogP contribution is 2.42. The van der Waals surface area contributed by atoms with E-state index in [1.165, 1.54) is 17.4 Å². The molecule has 5 aromatic rings. The van der Waals surface area contributed by atoms with Crippen molar-refractivity contribution in [1.29, 1.82) is 0 Å². The van der Waals surface area contributed by atoms with E-state index in [4.69, 9.17) is 9.97 Å². The van der Waals surface area contributed by atoms with E-state index in [1.807, 2.05) is 48.7 Å². The Hall–Kier alpha value is -5.82. The van der Waals surface area contributed by atoms with E-state index in [1.54, 1.807) is 43.7 Å². The highest BCUT2D eigenvalue weighted by atomic mass is 32.2. The molecule has 0 radical (unpaired) electrons. The van der Waals surface area contributed by atoms with Gasteiger partial charge in [-0.25, -0.2) is 32.7 Å². The van der Waals surface area contributed by atoms with Crippen LogP contribution in [0.4, 0.5) is 27.5 Å². The number of carbonyl (C=O) groups excluding carboxylic acids is 3. The number of thiazole rings is 1. The average molecular weight is 884 g/mol. The molecule has 19 heteroatoms. The Bertz CT molecular complexity index is 2580. The molecule has 2 atom stereocenters. The quantitative estimate of drug-likeness (QED) is 0.117. The Kier molecular flexibility index (Phi) is 12.1. The van der Waals surface area contributed by atoms with Crippen molar-refractivity contribution in [2.24, 2.45) is 5.92 Å². The van der Waals surface area contributed by atoms with Crippen molar-refractivity contribution in [3.8, 4) is 21.8 Å². The van der Waals surface area contributed by atoms with Gasteiger partial charge in [0.2, 0.25) is 33.7 Å². The molecule has 0 saturated carbocycles. The van der Waals surface area contributed by atoms with E-state index in [9.17, 15) is 22.8 Å². The number of carbonyl (C=O) groups is 3. The molecule has 1 unspecified atom stereocenters. The Labute approximate surface area is 363 Å². The summed E-state index contributed by atoms with van der Waals surface area (Å²) in [5, 5.41) is 11.1. The number of anilines is 4. The molecule has 0 bridgehead atoms. The summed E-state index contributed by atoms with van der Waals surface area (Å²) < 4.78 is 45.4. The van der Waals surface area contributed by atoms with Gasteiger partial charge in [-0.2, -0.15) is 5.10 Å². The predicted octanol–water partition coefficient (Wildman–Crippen LogP) is 6.40. The first-order valence-corrected chi connectivity index (χ1v) is 23.4. The Morgan fingerprint density at radius 2 is 1.81 bits per heavy atom. The number of imide groups is 1. The fourth-order valence-corrected chi connectivity index (χ4v) is 10.4. The van der Waals surface area contributed by atoms with Gasteiger partial charge in [0.05, 0.1) is 62.5 Å². The number of nitrogens with zero attached hydrogens (tertiary/aromatic N) is 8. The summed E-state index contributed by atoms with van der Waals surface area (Å²) >= 11 is 1.40. The molecule has 62 heavy (non-hydrogen) atoms. The SMILES string of the molecule is CCCS(=O)(=O)Nc1cccc(-c2nc(C(C)(C)C)sc2-c2ccnc(Nc3cnn(C4CCN(C(=O)[C@@H]5CCN(c6ccc(C7CCC(=O)NC7=O)cn6)C5)CC4)c3)n2)c1F. The highest BCUT2D eigenvalue weighted by Gasteiger charge is 2.35. The first-order chi connectivity index (χ1) is 29.7. The fraction of sp³-hybridized carbons (Fsp3) is 0.442. The minimum Gasteiger partial charge on any atom is -0.356 e. The number of hydrogen-bond acceptors (Lipinski definition) is 13. The summed E-state index contributed by atoms with van der Waals surface area (Å²) in [5.41, 5.74) is 2.01. The highest BCUT2D eigenvalue weighted by molar-refractivity contribution is 7.92. The fourth-order valence-electron chi connectivity index (χ4n) is 8.14. The lowest BCUT2D eigenvalue weighted by atomic mass is 9.92. The Morgan fingerprint density at radius 3 is 2.53 bits per heavy atom. The van der Waals surface area contributed by atoms with Gasteiger partial charge in [-0.3, -0.25) is 29.1 Å². The molecule has 326 valence electrons. The minimum atomic E-state index is -3.73. The first-order valence-electron chi connectivity index (χ1n) is 20.9. The number of nitrogens with one attached hydrogen (secondary N) is 3. The van der Waals surface area contributed by atoms with Crippen molar-refractivity contribution in [1.82, 2.24) is 39.9 Å². The third-order valence-electron chi connectivity index (χ3n) is 11.4. The molecule has 3 saturated heterocycles. The molecular formula is C43H50FN11O5S2. The molecule has 0 aliphatic carbocycles. The monoisotopic (exact) mass is 883 g/mol. The second-order valence-corrected chi connectivity index (χ2v) is 19.9. The second kappa shape index (κ2) is 17.5. The van der Waals surface area contributed by atoms with Crippen LogP contribution in [0.5, 0.6) is 0 Å². The number of rotatable bonds is 12. The van der Waals surface area contributed by atoms with Crippen LogP contribution in [0.2, 0.25) is 0 Å². The van der Waals surface area contributed by atoms with Gasteiger partial charge < -0.3 is 15.1 Å². The van der Waals surface area contributed by atoms with Crippen LogP contribution in [0.3, 0.4) is 0 Å². The molecule has 7 heterocycles. The molecule has 3 amide bonds. The normalized spacial score (nSPS) is 18.9. The van der Waals surface area contributed by atoms with Gasteiger partial charge in [-0.15, -0.1) is 11.3 Å². The molecule has 3 N–H and O–H groups in total. The maximum atomic E-state index is 16.1. The van der Waals surface area contributed by atoms with E-state index in [0.717, 1.165) is 35.7 Å². The smallest absolute Gasteiger partial charge is 0.234 e. The van der Waals surface area contributed by atoms with Gasteiger partial charge in [0.25, 0.3) is 0 Å². The van der Waals surface area contributed by atoms with Crippen molar-refractivity contribution in [3.05, 3.63) is 77.6 Å². The molecule has 3 aliphatic heterocycles. The number of likely N-dealkylation sites (tertiary alicyclic amines) is 1. The number of piperidine rings is 2. The standard InChI is InChI=1S/C43H50FN11O5S2/c1-5-21-62(59,60)52-32-8-6-7-31(36(32)44)37-38(61-41(51-37)43(2,3)4)33-13-17-45-42(49-33)48-28-23-47-55(25-28)29-15-19-53(20-16-29)40(58)27-14-18-54(24-27)34-11-9-26(22-46-34)30-10-12-35(56)50-39(30)57/h6-9,11,13,17,22-23,25,27,29-30,52H,5,10,12,14-16,18-21,24H2,1-4H3,(H,45,48,49)(H,50,56,57)/t27-,30?/m1/s1. The van der Waals surface area contributed by atoms with Crippen molar-refractivity contribution in [2.45, 2.75) is 83.6 Å². The summed E-state index contributed by atoms with van der Waals surface area (Å²) in [5.74, 6) is -0.661. The van der Waals surface area contributed by atoms with Crippen LogP contribution in [0.25, 0.3) is 21.8 Å². The van der Waals surface area contributed by atoms with Crippen molar-refractivity contribution in [2.75, 3.05) is 46.9 Å². The topological polar surface area (TPSA) is 197 Å². The molecular weight excluding hydrogens is 834 g/mol. The summed E-state index contributed by atoms with van der Waals surface area (Å²) in [6.45, 7) is 10.3. The Morgan fingerprint density at radius 1 is 1.00 bits per heavy atom. The van der Waals surface area contributed by atoms with Crippen LogP contribution in [-0.4, -0.2) is 92.7 Å². The van der Waals surface area contributed by atoms with Gasteiger partial charge in [-0.05, 0) is 61.9 Å². The summed E-state index contributed by atoms with van der Waals surface area (Å²) in [7, 11) is -3.73. The molecule has 3 fully saturated rings. The minimum absolute atomic E-state index is 0.0988. The zero-order valence-corrected chi connectivity index (χ0v) is 36.7. The molecule has 1 aromatic carbocycles. The van der Waals surface area contributed by atoms with E-state index in [-0.39, 0.29) is 58.0 Å². The van der Waals surface area contributed by atoms with Crippen LogP contribution < -0.4 is 20.3 Å². The van der Waals surface area contributed by atoms with Crippen LogP contribution in [-0.2, 0) is 29.8 Å². The largest absolute Gasteiger partial charge is 0.356 e. The van der Waals surface area contributed by atoms with E-state index >= 15 is 4.39 Å². The summed E-state index contributed by atoms with van der Waals surface area (Å²) in [4.78, 5) is 60.9. The van der Waals surface area contributed by atoms with Crippen molar-refractivity contribution in [3.63, 3.8) is 0 Å². The third kappa shape index (κ3) is 9.33. The zero-order valence-electron chi connectivity index (χ0n) is 35.1. The number of halogens is 1. The lowest BCUT2D eigenvalue weighted by Gasteiger charge is -2.33.